The van der Waals surface area contributed by atoms with Crippen LogP contribution in [-0.4, -0.2) is 33.1 Å². The van der Waals surface area contributed by atoms with Gasteiger partial charge in [-0.25, -0.2) is 9.67 Å². The zero-order chi connectivity index (χ0) is 20.3. The molecule has 2 aromatic heterocycles. The summed E-state index contributed by atoms with van der Waals surface area (Å²) in [5.74, 6) is -0.576. The molecule has 28 heavy (non-hydrogen) atoms. The van der Waals surface area contributed by atoms with Crippen molar-refractivity contribution in [3.8, 4) is 5.69 Å². The SMILES string of the molecule is Cc1nc(C(C)(C)C)sc1C(=O)NCC(=O)Nc1ccc(-n2cccn2)cc1. The van der Waals surface area contributed by atoms with Gasteiger partial charge in [0.1, 0.15) is 4.88 Å². The van der Waals surface area contributed by atoms with E-state index < -0.39 is 0 Å². The number of nitrogens with one attached hydrogen (secondary N) is 2. The van der Waals surface area contributed by atoms with Crippen molar-refractivity contribution in [3.63, 3.8) is 0 Å². The van der Waals surface area contributed by atoms with Crippen LogP contribution in [0.5, 0.6) is 0 Å². The van der Waals surface area contributed by atoms with Crippen LogP contribution >= 0.6 is 11.3 Å². The summed E-state index contributed by atoms with van der Waals surface area (Å²) in [5, 5.41) is 10.5. The molecule has 0 bridgehead atoms. The van der Waals surface area contributed by atoms with Gasteiger partial charge in [-0.15, -0.1) is 11.3 Å². The first-order valence-electron chi connectivity index (χ1n) is 8.90. The van der Waals surface area contributed by atoms with Crippen molar-refractivity contribution in [2.45, 2.75) is 33.1 Å². The van der Waals surface area contributed by atoms with Crippen LogP contribution in [-0.2, 0) is 10.2 Å². The molecule has 7 nitrogen and oxygen atoms in total. The number of carbonyl (C=O) groups excluding carboxylic acids is 2. The number of thiazole rings is 1. The molecule has 0 aliphatic rings. The number of aromatic nitrogens is 3. The number of anilines is 1. The van der Waals surface area contributed by atoms with E-state index in [9.17, 15) is 9.59 Å². The lowest BCUT2D eigenvalue weighted by Gasteiger charge is -2.13. The van der Waals surface area contributed by atoms with Gasteiger partial charge in [-0.05, 0) is 37.3 Å². The highest BCUT2D eigenvalue weighted by Gasteiger charge is 2.23. The molecule has 8 heteroatoms. The van der Waals surface area contributed by atoms with Crippen molar-refractivity contribution in [2.75, 3.05) is 11.9 Å². The van der Waals surface area contributed by atoms with E-state index in [0.29, 0.717) is 16.3 Å². The minimum Gasteiger partial charge on any atom is -0.342 e. The van der Waals surface area contributed by atoms with Crippen LogP contribution in [0.1, 0.15) is 41.1 Å². The quantitative estimate of drug-likeness (QED) is 0.691. The summed E-state index contributed by atoms with van der Waals surface area (Å²) >= 11 is 1.37. The van der Waals surface area contributed by atoms with Gasteiger partial charge in [-0.3, -0.25) is 9.59 Å². The third-order valence-corrected chi connectivity index (χ3v) is 5.56. The topological polar surface area (TPSA) is 88.9 Å². The molecule has 0 spiro atoms. The number of rotatable bonds is 5. The number of nitrogens with zero attached hydrogens (tertiary/aromatic N) is 3. The predicted molar refractivity (Wildman–Crippen MR) is 110 cm³/mol. The van der Waals surface area contributed by atoms with Crippen LogP contribution < -0.4 is 10.6 Å². The van der Waals surface area contributed by atoms with Crippen molar-refractivity contribution in [1.29, 1.82) is 0 Å². The minimum atomic E-state index is -0.293. The molecule has 0 aliphatic heterocycles. The van der Waals surface area contributed by atoms with Gasteiger partial charge in [0.15, 0.2) is 0 Å². The second kappa shape index (κ2) is 7.93. The summed E-state index contributed by atoms with van der Waals surface area (Å²) in [5.41, 5.74) is 2.11. The van der Waals surface area contributed by atoms with Gasteiger partial charge in [0, 0.05) is 23.5 Å². The van der Waals surface area contributed by atoms with E-state index in [1.807, 2.05) is 31.3 Å². The fraction of sp³-hybridized carbons (Fsp3) is 0.300. The lowest BCUT2D eigenvalue weighted by atomic mass is 9.98. The number of hydrogen-bond donors (Lipinski definition) is 2. The van der Waals surface area contributed by atoms with Gasteiger partial charge in [-0.1, -0.05) is 20.8 Å². The van der Waals surface area contributed by atoms with Crippen LogP contribution in [0.15, 0.2) is 42.7 Å². The largest absolute Gasteiger partial charge is 0.342 e. The number of hydrogen-bond acceptors (Lipinski definition) is 5. The van der Waals surface area contributed by atoms with E-state index in [1.165, 1.54) is 11.3 Å². The van der Waals surface area contributed by atoms with E-state index in [2.05, 4.69) is 41.5 Å². The molecule has 2 heterocycles. The predicted octanol–water partition coefficient (Wildman–Crippen LogP) is 3.30. The average Bonchev–Trinajstić information content (AvgIpc) is 3.30. The highest BCUT2D eigenvalue weighted by Crippen LogP contribution is 2.29. The van der Waals surface area contributed by atoms with Gasteiger partial charge in [-0.2, -0.15) is 5.10 Å². The molecule has 0 unspecified atom stereocenters. The maximum Gasteiger partial charge on any atom is 0.263 e. The third-order valence-electron chi connectivity index (χ3n) is 3.97. The number of benzene rings is 1. The van der Waals surface area contributed by atoms with Crippen LogP contribution in [0.25, 0.3) is 5.69 Å². The molecule has 2 amide bonds. The normalized spacial score (nSPS) is 11.3. The van der Waals surface area contributed by atoms with E-state index in [0.717, 1.165) is 10.7 Å². The highest BCUT2D eigenvalue weighted by atomic mass is 32.1. The van der Waals surface area contributed by atoms with Gasteiger partial charge < -0.3 is 10.6 Å². The second-order valence-corrected chi connectivity index (χ2v) is 8.41. The fourth-order valence-corrected chi connectivity index (χ4v) is 3.53. The summed E-state index contributed by atoms with van der Waals surface area (Å²) < 4.78 is 1.73. The number of aryl methyl sites for hydroxylation is 1. The summed E-state index contributed by atoms with van der Waals surface area (Å²) in [4.78, 5) is 29.6. The molecule has 0 saturated carbocycles. The van der Waals surface area contributed by atoms with Gasteiger partial charge >= 0.3 is 0 Å². The maximum absolute atomic E-state index is 12.4. The molecule has 146 valence electrons. The van der Waals surface area contributed by atoms with Gasteiger partial charge in [0.25, 0.3) is 5.91 Å². The van der Waals surface area contributed by atoms with Crippen molar-refractivity contribution in [3.05, 3.63) is 58.3 Å². The van der Waals surface area contributed by atoms with Crippen molar-refractivity contribution < 1.29 is 9.59 Å². The first-order valence-corrected chi connectivity index (χ1v) is 9.72. The van der Waals surface area contributed by atoms with Gasteiger partial charge in [0.05, 0.1) is 22.9 Å². The Hall–Kier alpha value is -3.00. The highest BCUT2D eigenvalue weighted by molar-refractivity contribution is 7.14. The maximum atomic E-state index is 12.4. The molecule has 3 aromatic rings. The lowest BCUT2D eigenvalue weighted by Crippen LogP contribution is -2.32. The van der Waals surface area contributed by atoms with Crippen molar-refractivity contribution in [2.24, 2.45) is 0 Å². The zero-order valence-electron chi connectivity index (χ0n) is 16.3. The summed E-state index contributed by atoms with van der Waals surface area (Å²) in [6.45, 7) is 7.86. The number of carbonyl (C=O) groups is 2. The zero-order valence-corrected chi connectivity index (χ0v) is 17.1. The molecule has 0 fully saturated rings. The Bertz CT molecular complexity index is 969. The third kappa shape index (κ3) is 4.64. The Kier molecular flexibility index (Phi) is 5.60. The fourth-order valence-electron chi connectivity index (χ4n) is 2.49. The summed E-state index contributed by atoms with van der Waals surface area (Å²) in [7, 11) is 0. The molecule has 0 radical (unpaired) electrons. The molecular weight excluding hydrogens is 374 g/mol. The van der Waals surface area contributed by atoms with Crippen molar-refractivity contribution >= 4 is 28.8 Å². The average molecular weight is 398 g/mol. The standard InChI is InChI=1S/C20H23N5O2S/c1-13-17(28-19(23-13)20(2,3)4)18(27)21-12-16(26)24-14-6-8-15(9-7-14)25-11-5-10-22-25/h5-11H,12H2,1-4H3,(H,21,27)(H,24,26). The van der Waals surface area contributed by atoms with E-state index >= 15 is 0 Å². The minimum absolute atomic E-state index is 0.109. The smallest absolute Gasteiger partial charge is 0.263 e. The van der Waals surface area contributed by atoms with Crippen LogP contribution in [0, 0.1) is 6.92 Å². The van der Waals surface area contributed by atoms with Crippen molar-refractivity contribution in [1.82, 2.24) is 20.1 Å². The van der Waals surface area contributed by atoms with E-state index in [1.54, 1.807) is 23.0 Å². The molecule has 0 saturated heterocycles. The molecule has 2 N–H and O–H groups in total. The molecule has 3 rings (SSSR count). The Labute approximate surface area is 167 Å². The van der Waals surface area contributed by atoms with Gasteiger partial charge in [0.2, 0.25) is 5.91 Å². The second-order valence-electron chi connectivity index (χ2n) is 7.41. The Morgan fingerprint density at radius 3 is 2.46 bits per heavy atom. The molecule has 0 atom stereocenters. The Balaban J connectivity index is 1.55. The van der Waals surface area contributed by atoms with Crippen LogP contribution in [0.2, 0.25) is 0 Å². The first kappa shape index (κ1) is 19.8. The number of amides is 2. The summed E-state index contributed by atoms with van der Waals surface area (Å²) in [6.07, 6.45) is 3.54. The Morgan fingerprint density at radius 2 is 1.89 bits per heavy atom. The van der Waals surface area contributed by atoms with Crippen LogP contribution in [0.3, 0.4) is 0 Å². The molecular formula is C20H23N5O2S. The lowest BCUT2D eigenvalue weighted by molar-refractivity contribution is -0.115. The monoisotopic (exact) mass is 397 g/mol. The Morgan fingerprint density at radius 1 is 1.18 bits per heavy atom. The van der Waals surface area contributed by atoms with E-state index in [-0.39, 0.29) is 23.8 Å². The first-order chi connectivity index (χ1) is 13.2. The van der Waals surface area contributed by atoms with E-state index in [4.69, 9.17) is 0 Å². The molecule has 1 aromatic carbocycles. The summed E-state index contributed by atoms with van der Waals surface area (Å²) in [6, 6.07) is 9.14. The molecule has 0 aliphatic carbocycles. The van der Waals surface area contributed by atoms with Crippen LogP contribution in [0.4, 0.5) is 5.69 Å².